The summed E-state index contributed by atoms with van der Waals surface area (Å²) >= 11 is 1.50. The molecule has 0 saturated carbocycles. The van der Waals surface area contributed by atoms with Crippen molar-refractivity contribution in [1.82, 2.24) is 0 Å². The minimum absolute atomic E-state index is 0.109. The van der Waals surface area contributed by atoms with Crippen LogP contribution in [-0.4, -0.2) is 34.2 Å². The number of para-hydroxylation sites is 1. The van der Waals surface area contributed by atoms with Crippen LogP contribution in [0.3, 0.4) is 0 Å². The highest BCUT2D eigenvalue weighted by atomic mass is 32.2. The van der Waals surface area contributed by atoms with Crippen molar-refractivity contribution in [2.45, 2.75) is 16.7 Å². The molecule has 0 aromatic heterocycles. The van der Waals surface area contributed by atoms with Crippen LogP contribution in [0.1, 0.15) is 5.56 Å². The molecule has 3 rings (SSSR count). The second-order valence-corrected chi connectivity index (χ2v) is 9.49. The number of hydrogen-bond acceptors (Lipinski definition) is 5. The van der Waals surface area contributed by atoms with Crippen molar-refractivity contribution >= 4 is 39.1 Å². The minimum atomic E-state index is -3.99. The highest BCUT2D eigenvalue weighted by molar-refractivity contribution is 7.98. The SMILES string of the molecule is COc1cccc(N(CC(=O)Nc2ccccc2SC)S(=O)(=O)c2ccc(C)cc2)c1. The summed E-state index contributed by atoms with van der Waals surface area (Å²) in [5.74, 6) is 0.0507. The first-order valence-corrected chi connectivity index (χ1v) is 12.2. The fourth-order valence-corrected chi connectivity index (χ4v) is 4.95. The van der Waals surface area contributed by atoms with E-state index in [1.807, 2.05) is 31.4 Å². The lowest BCUT2D eigenvalue weighted by molar-refractivity contribution is -0.114. The summed E-state index contributed by atoms with van der Waals surface area (Å²) in [5.41, 5.74) is 1.92. The third kappa shape index (κ3) is 5.39. The number of sulfonamides is 1. The van der Waals surface area contributed by atoms with E-state index in [-0.39, 0.29) is 11.4 Å². The lowest BCUT2D eigenvalue weighted by Crippen LogP contribution is -2.38. The Balaban J connectivity index is 1.97. The number of aryl methyl sites for hydroxylation is 1. The van der Waals surface area contributed by atoms with Crippen LogP contribution in [-0.2, 0) is 14.8 Å². The number of ether oxygens (including phenoxy) is 1. The zero-order chi connectivity index (χ0) is 22.4. The van der Waals surface area contributed by atoms with Gasteiger partial charge in [-0.25, -0.2) is 8.42 Å². The monoisotopic (exact) mass is 456 g/mol. The average molecular weight is 457 g/mol. The van der Waals surface area contributed by atoms with Crippen LogP contribution in [0, 0.1) is 6.92 Å². The fourth-order valence-electron chi connectivity index (χ4n) is 2.99. The predicted octanol–water partition coefficient (Wildman–Crippen LogP) is 4.56. The van der Waals surface area contributed by atoms with Crippen LogP contribution in [0.2, 0.25) is 0 Å². The molecule has 0 aliphatic heterocycles. The van der Waals surface area contributed by atoms with Crippen LogP contribution < -0.4 is 14.4 Å². The molecule has 8 heteroatoms. The maximum absolute atomic E-state index is 13.5. The zero-order valence-electron chi connectivity index (χ0n) is 17.5. The molecule has 0 fully saturated rings. The molecule has 31 heavy (non-hydrogen) atoms. The van der Waals surface area contributed by atoms with Crippen LogP contribution in [0.25, 0.3) is 0 Å². The number of nitrogens with one attached hydrogen (secondary N) is 1. The molecule has 0 spiro atoms. The van der Waals surface area contributed by atoms with Crippen LogP contribution >= 0.6 is 11.8 Å². The molecule has 0 saturated heterocycles. The molecule has 0 heterocycles. The molecular formula is C23H24N2O4S2. The Kier molecular flexibility index (Phi) is 7.25. The predicted molar refractivity (Wildman–Crippen MR) is 126 cm³/mol. The maximum Gasteiger partial charge on any atom is 0.264 e. The molecule has 0 aliphatic carbocycles. The topological polar surface area (TPSA) is 75.7 Å². The number of benzene rings is 3. The van der Waals surface area contributed by atoms with E-state index < -0.39 is 15.9 Å². The third-order valence-corrected chi connectivity index (χ3v) is 7.20. The van der Waals surface area contributed by atoms with Gasteiger partial charge in [-0.1, -0.05) is 35.9 Å². The second kappa shape index (κ2) is 9.89. The van der Waals surface area contributed by atoms with Gasteiger partial charge in [0.2, 0.25) is 5.91 Å². The summed E-state index contributed by atoms with van der Waals surface area (Å²) in [5, 5.41) is 2.83. The van der Waals surface area contributed by atoms with Gasteiger partial charge < -0.3 is 10.1 Å². The number of thioether (sulfide) groups is 1. The Morgan fingerprint density at radius 3 is 2.42 bits per heavy atom. The number of anilines is 2. The van der Waals surface area contributed by atoms with Crippen molar-refractivity contribution in [3.63, 3.8) is 0 Å². The second-order valence-electron chi connectivity index (χ2n) is 6.77. The quantitative estimate of drug-likeness (QED) is 0.503. The summed E-state index contributed by atoms with van der Waals surface area (Å²) in [4.78, 5) is 13.9. The Morgan fingerprint density at radius 2 is 1.74 bits per heavy atom. The first-order valence-electron chi connectivity index (χ1n) is 9.51. The number of carbonyl (C=O) groups excluding carboxylic acids is 1. The lowest BCUT2D eigenvalue weighted by Gasteiger charge is -2.24. The largest absolute Gasteiger partial charge is 0.497 e. The molecule has 6 nitrogen and oxygen atoms in total. The van der Waals surface area contributed by atoms with Crippen molar-refractivity contribution in [2.75, 3.05) is 29.5 Å². The fraction of sp³-hybridized carbons (Fsp3) is 0.174. The highest BCUT2D eigenvalue weighted by Crippen LogP contribution is 2.28. The smallest absolute Gasteiger partial charge is 0.264 e. The molecule has 1 N–H and O–H groups in total. The molecule has 0 radical (unpaired) electrons. The summed E-state index contributed by atoms with van der Waals surface area (Å²) in [6.45, 7) is 1.50. The van der Waals surface area contributed by atoms with E-state index in [9.17, 15) is 13.2 Å². The Bertz CT molecular complexity index is 1160. The van der Waals surface area contributed by atoms with Crippen LogP contribution in [0.15, 0.2) is 82.6 Å². The van der Waals surface area contributed by atoms with Gasteiger partial charge in [0.1, 0.15) is 12.3 Å². The molecule has 3 aromatic rings. The number of hydrogen-bond donors (Lipinski definition) is 1. The number of methoxy groups -OCH3 is 1. The van der Waals surface area contributed by atoms with Gasteiger partial charge in [0.15, 0.2) is 0 Å². The van der Waals surface area contributed by atoms with Crippen molar-refractivity contribution in [3.8, 4) is 5.75 Å². The number of rotatable bonds is 8. The van der Waals surface area contributed by atoms with Gasteiger partial charge in [0.05, 0.1) is 23.4 Å². The van der Waals surface area contributed by atoms with E-state index in [2.05, 4.69) is 5.32 Å². The van der Waals surface area contributed by atoms with Crippen LogP contribution in [0.5, 0.6) is 5.75 Å². The number of nitrogens with zero attached hydrogens (tertiary/aromatic N) is 1. The highest BCUT2D eigenvalue weighted by Gasteiger charge is 2.27. The first-order chi connectivity index (χ1) is 14.8. The maximum atomic E-state index is 13.5. The van der Waals surface area contributed by atoms with Gasteiger partial charge in [-0.3, -0.25) is 9.10 Å². The molecule has 162 valence electrons. The molecule has 1 amide bonds. The summed E-state index contributed by atoms with van der Waals surface area (Å²) in [6.07, 6.45) is 1.91. The Labute approximate surface area is 187 Å². The van der Waals surface area contributed by atoms with Gasteiger partial charge in [-0.15, -0.1) is 11.8 Å². The zero-order valence-corrected chi connectivity index (χ0v) is 19.2. The summed E-state index contributed by atoms with van der Waals surface area (Å²) < 4.78 is 33.3. The average Bonchev–Trinajstić information content (AvgIpc) is 2.78. The van der Waals surface area contributed by atoms with E-state index in [0.29, 0.717) is 17.1 Å². The van der Waals surface area contributed by atoms with Gasteiger partial charge in [0.25, 0.3) is 10.0 Å². The molecule has 0 atom stereocenters. The van der Waals surface area contributed by atoms with Crippen LogP contribution in [0.4, 0.5) is 11.4 Å². The molecule has 3 aromatic carbocycles. The first kappa shape index (κ1) is 22.7. The van der Waals surface area contributed by atoms with E-state index in [4.69, 9.17) is 4.74 Å². The molecule has 0 bridgehead atoms. The van der Waals surface area contributed by atoms with Crippen molar-refractivity contribution in [1.29, 1.82) is 0 Å². The van der Waals surface area contributed by atoms with Gasteiger partial charge in [-0.05, 0) is 49.6 Å². The molecule has 0 aliphatic rings. The Hall–Kier alpha value is -2.97. The Morgan fingerprint density at radius 1 is 1.03 bits per heavy atom. The molecule has 0 unspecified atom stereocenters. The van der Waals surface area contributed by atoms with E-state index in [1.165, 1.54) is 18.9 Å². The number of amides is 1. The minimum Gasteiger partial charge on any atom is -0.497 e. The normalized spacial score (nSPS) is 11.1. The van der Waals surface area contributed by atoms with Gasteiger partial charge in [-0.2, -0.15) is 0 Å². The number of carbonyl (C=O) groups is 1. The summed E-state index contributed by atoms with van der Waals surface area (Å²) in [7, 11) is -2.48. The standard InChI is InChI=1S/C23H24N2O4S2/c1-17-11-13-20(14-12-17)31(27,28)25(18-7-6-8-19(15-18)29-2)16-23(26)24-21-9-4-5-10-22(21)30-3/h4-15H,16H2,1-3H3,(H,24,26). The van der Waals surface area contributed by atoms with Gasteiger partial charge in [0, 0.05) is 11.0 Å². The van der Waals surface area contributed by atoms with E-state index in [0.717, 1.165) is 14.8 Å². The third-order valence-electron chi connectivity index (χ3n) is 4.62. The van der Waals surface area contributed by atoms with Crippen molar-refractivity contribution in [3.05, 3.63) is 78.4 Å². The van der Waals surface area contributed by atoms with Crippen molar-refractivity contribution < 1.29 is 17.9 Å². The van der Waals surface area contributed by atoms with Gasteiger partial charge >= 0.3 is 0 Å². The van der Waals surface area contributed by atoms with Crippen molar-refractivity contribution in [2.24, 2.45) is 0 Å². The van der Waals surface area contributed by atoms with E-state index >= 15 is 0 Å². The van der Waals surface area contributed by atoms with E-state index in [1.54, 1.807) is 54.6 Å². The summed E-state index contributed by atoms with van der Waals surface area (Å²) in [6, 6.07) is 20.5. The lowest BCUT2D eigenvalue weighted by atomic mass is 10.2. The molecular weight excluding hydrogens is 432 g/mol.